The molecule has 20 heavy (non-hydrogen) atoms. The molecule has 2 aromatic heterocycles. The fourth-order valence-electron chi connectivity index (χ4n) is 2.18. The van der Waals surface area contributed by atoms with Gasteiger partial charge in [0.1, 0.15) is 5.82 Å². The molecule has 0 bridgehead atoms. The maximum Gasteiger partial charge on any atom is 0.264 e. The first-order valence-electron chi connectivity index (χ1n) is 7.01. The Balaban J connectivity index is 2.11. The molecule has 1 amide bonds. The Morgan fingerprint density at radius 1 is 1.45 bits per heavy atom. The van der Waals surface area contributed by atoms with Gasteiger partial charge in [-0.1, -0.05) is 20.3 Å². The van der Waals surface area contributed by atoms with E-state index in [2.05, 4.69) is 29.9 Å². The first kappa shape index (κ1) is 14.8. The number of nitrogens with one attached hydrogen (secondary N) is 1. The number of carbonyl (C=O) groups is 1. The molecule has 5 heteroatoms. The van der Waals surface area contributed by atoms with E-state index in [4.69, 9.17) is 0 Å². The van der Waals surface area contributed by atoms with Gasteiger partial charge in [0.15, 0.2) is 0 Å². The van der Waals surface area contributed by atoms with E-state index >= 15 is 0 Å². The maximum absolute atomic E-state index is 12.5. The minimum atomic E-state index is 0.0726. The highest BCUT2D eigenvalue weighted by atomic mass is 32.1. The second kappa shape index (κ2) is 6.70. The number of aryl methyl sites for hydroxylation is 2. The highest BCUT2D eigenvalue weighted by molar-refractivity contribution is 7.14. The fraction of sp³-hybridized carbons (Fsp3) is 0.467. The number of hydrogen-bond donors (Lipinski definition) is 1. The van der Waals surface area contributed by atoms with Crippen LogP contribution in [0.5, 0.6) is 0 Å². The van der Waals surface area contributed by atoms with Gasteiger partial charge in [-0.05, 0) is 24.5 Å². The number of imidazole rings is 1. The van der Waals surface area contributed by atoms with Crippen LogP contribution in [0.25, 0.3) is 0 Å². The smallest absolute Gasteiger partial charge is 0.264 e. The van der Waals surface area contributed by atoms with Crippen LogP contribution in [0.1, 0.15) is 46.2 Å². The van der Waals surface area contributed by atoms with Crippen molar-refractivity contribution in [1.82, 2.24) is 14.9 Å². The van der Waals surface area contributed by atoms with Crippen LogP contribution >= 0.6 is 11.3 Å². The summed E-state index contributed by atoms with van der Waals surface area (Å²) in [6.07, 6.45) is 6.63. The van der Waals surface area contributed by atoms with Crippen molar-refractivity contribution < 1.29 is 4.79 Å². The van der Waals surface area contributed by atoms with E-state index < -0.39 is 0 Å². The van der Waals surface area contributed by atoms with Crippen LogP contribution in [0.15, 0.2) is 18.5 Å². The molecule has 4 nitrogen and oxygen atoms in total. The summed E-state index contributed by atoms with van der Waals surface area (Å²) in [4.78, 5) is 23.5. The number of hydrogen-bond acceptors (Lipinski definition) is 3. The van der Waals surface area contributed by atoms with Crippen LogP contribution in [0.3, 0.4) is 0 Å². The van der Waals surface area contributed by atoms with Crippen molar-refractivity contribution in [3.63, 3.8) is 0 Å². The van der Waals surface area contributed by atoms with Crippen LogP contribution < -0.4 is 0 Å². The summed E-state index contributed by atoms with van der Waals surface area (Å²) in [5.41, 5.74) is 1.31. The predicted octanol–water partition coefficient (Wildman–Crippen LogP) is 3.26. The van der Waals surface area contributed by atoms with E-state index in [1.54, 1.807) is 28.6 Å². The minimum Gasteiger partial charge on any atom is -0.347 e. The molecule has 2 aromatic rings. The molecule has 0 fully saturated rings. The highest BCUT2D eigenvalue weighted by Crippen LogP contribution is 2.25. The first-order chi connectivity index (χ1) is 9.65. The van der Waals surface area contributed by atoms with E-state index in [9.17, 15) is 4.79 Å². The molecule has 0 aliphatic heterocycles. The quantitative estimate of drug-likeness (QED) is 0.888. The normalized spacial score (nSPS) is 10.8. The summed E-state index contributed by atoms with van der Waals surface area (Å²) in [7, 11) is 1.82. The van der Waals surface area contributed by atoms with Crippen LogP contribution in [0.4, 0.5) is 0 Å². The van der Waals surface area contributed by atoms with Crippen molar-refractivity contribution in [2.45, 2.75) is 39.7 Å². The Morgan fingerprint density at radius 2 is 2.25 bits per heavy atom. The topological polar surface area (TPSA) is 49.0 Å². The van der Waals surface area contributed by atoms with Gasteiger partial charge in [0.25, 0.3) is 5.91 Å². The molecule has 0 unspecified atom stereocenters. The molecule has 0 atom stereocenters. The summed E-state index contributed by atoms with van der Waals surface area (Å²) in [6, 6.07) is 2.05. The number of nitrogens with zero attached hydrogens (tertiary/aromatic N) is 2. The molecule has 0 aliphatic rings. The third-order valence-electron chi connectivity index (χ3n) is 3.25. The lowest BCUT2D eigenvalue weighted by atomic mass is 10.1. The molecule has 2 rings (SSSR count). The van der Waals surface area contributed by atoms with Crippen molar-refractivity contribution in [2.24, 2.45) is 0 Å². The molecule has 0 aliphatic carbocycles. The van der Waals surface area contributed by atoms with E-state index in [1.807, 2.05) is 7.05 Å². The SMILES string of the molecule is CCCc1sc(C(=O)N(C)Cc2ncc[nH]2)cc1CC. The third kappa shape index (κ3) is 3.28. The number of carbonyl (C=O) groups excluding carboxylic acids is 1. The third-order valence-corrected chi connectivity index (χ3v) is 4.48. The van der Waals surface area contributed by atoms with E-state index in [0.717, 1.165) is 30.0 Å². The van der Waals surface area contributed by atoms with Gasteiger partial charge >= 0.3 is 0 Å². The first-order valence-corrected chi connectivity index (χ1v) is 7.82. The standard InChI is InChI=1S/C15H21N3OS/c1-4-6-12-11(5-2)9-13(20-12)15(19)18(3)10-14-16-7-8-17-14/h7-9H,4-6,10H2,1-3H3,(H,16,17). The van der Waals surface area contributed by atoms with Crippen LogP contribution in [0.2, 0.25) is 0 Å². The zero-order valence-electron chi connectivity index (χ0n) is 12.3. The van der Waals surface area contributed by atoms with Gasteiger partial charge in [-0.3, -0.25) is 4.79 Å². The summed E-state index contributed by atoms with van der Waals surface area (Å²) in [5.74, 6) is 0.880. The maximum atomic E-state index is 12.5. The van der Waals surface area contributed by atoms with Crippen molar-refractivity contribution >= 4 is 17.2 Å². The van der Waals surface area contributed by atoms with Gasteiger partial charge in [-0.2, -0.15) is 0 Å². The monoisotopic (exact) mass is 291 g/mol. The van der Waals surface area contributed by atoms with E-state index in [0.29, 0.717) is 6.54 Å². The summed E-state index contributed by atoms with van der Waals surface area (Å²) < 4.78 is 0. The number of H-pyrrole nitrogens is 1. The Bertz CT molecular complexity index is 560. The lowest BCUT2D eigenvalue weighted by Crippen LogP contribution is -2.25. The van der Waals surface area contributed by atoms with Crippen molar-refractivity contribution in [3.05, 3.63) is 39.6 Å². The van der Waals surface area contributed by atoms with Gasteiger partial charge in [0.2, 0.25) is 0 Å². The van der Waals surface area contributed by atoms with Gasteiger partial charge in [-0.15, -0.1) is 11.3 Å². The molecule has 0 saturated heterocycles. The van der Waals surface area contributed by atoms with Gasteiger partial charge in [0.05, 0.1) is 11.4 Å². The Morgan fingerprint density at radius 3 is 2.85 bits per heavy atom. The number of aromatic nitrogens is 2. The molecule has 0 aromatic carbocycles. The Kier molecular flexibility index (Phi) is 4.95. The summed E-state index contributed by atoms with van der Waals surface area (Å²) in [5, 5.41) is 0. The van der Waals surface area contributed by atoms with Crippen molar-refractivity contribution in [2.75, 3.05) is 7.05 Å². The number of amides is 1. The molecule has 108 valence electrons. The largest absolute Gasteiger partial charge is 0.347 e. The minimum absolute atomic E-state index is 0.0726. The Labute approximate surface area is 123 Å². The number of rotatable bonds is 6. The second-order valence-electron chi connectivity index (χ2n) is 4.86. The molecule has 0 saturated carbocycles. The van der Waals surface area contributed by atoms with Crippen LogP contribution in [-0.4, -0.2) is 27.8 Å². The average Bonchev–Trinajstić information content (AvgIpc) is 3.07. The molecular formula is C15H21N3OS. The molecule has 0 radical (unpaired) electrons. The van der Waals surface area contributed by atoms with Gasteiger partial charge in [-0.25, -0.2) is 4.98 Å². The molecule has 2 heterocycles. The molecule has 0 spiro atoms. The molecule has 1 N–H and O–H groups in total. The second-order valence-corrected chi connectivity index (χ2v) is 6.00. The predicted molar refractivity (Wildman–Crippen MR) is 82.1 cm³/mol. The van der Waals surface area contributed by atoms with Crippen molar-refractivity contribution in [3.8, 4) is 0 Å². The van der Waals surface area contributed by atoms with E-state index in [1.165, 1.54) is 10.4 Å². The van der Waals surface area contributed by atoms with Gasteiger partial charge in [0, 0.05) is 24.3 Å². The zero-order valence-corrected chi connectivity index (χ0v) is 13.1. The highest BCUT2D eigenvalue weighted by Gasteiger charge is 2.17. The van der Waals surface area contributed by atoms with Gasteiger partial charge < -0.3 is 9.88 Å². The zero-order chi connectivity index (χ0) is 14.5. The lowest BCUT2D eigenvalue weighted by Gasteiger charge is -2.14. The molecular weight excluding hydrogens is 270 g/mol. The van der Waals surface area contributed by atoms with Crippen molar-refractivity contribution in [1.29, 1.82) is 0 Å². The lowest BCUT2D eigenvalue weighted by molar-refractivity contribution is 0.0786. The average molecular weight is 291 g/mol. The van der Waals surface area contributed by atoms with E-state index in [-0.39, 0.29) is 5.91 Å². The fourth-order valence-corrected chi connectivity index (χ4v) is 3.53. The number of aromatic amines is 1. The van der Waals surface area contributed by atoms with Crippen LogP contribution in [-0.2, 0) is 19.4 Å². The van der Waals surface area contributed by atoms with Crippen LogP contribution in [0, 0.1) is 0 Å². The summed E-state index contributed by atoms with van der Waals surface area (Å²) >= 11 is 1.64. The Hall–Kier alpha value is -1.62. The summed E-state index contributed by atoms with van der Waals surface area (Å²) in [6.45, 7) is 4.82. The number of thiophene rings is 1.